The van der Waals surface area contributed by atoms with Gasteiger partial charge < -0.3 is 20.1 Å². The molecule has 2 N–H and O–H groups in total. The molecule has 2 heterocycles. The van der Waals surface area contributed by atoms with Crippen LogP contribution in [-0.2, 0) is 9.47 Å². The molecule has 1 aromatic heterocycles. The van der Waals surface area contributed by atoms with Crippen LogP contribution in [0.5, 0.6) is 0 Å². The minimum Gasteiger partial charge on any atom is -0.462 e. The van der Waals surface area contributed by atoms with Gasteiger partial charge in [0.05, 0.1) is 30.4 Å². The number of rotatable bonds is 3. The second-order valence-corrected chi connectivity index (χ2v) is 5.12. The molecular formula is C12H18N2O3S. The first kappa shape index (κ1) is 13.2. The Morgan fingerprint density at radius 1 is 1.50 bits per heavy atom. The van der Waals surface area contributed by atoms with Gasteiger partial charge in [0.2, 0.25) is 0 Å². The molecule has 1 fully saturated rings. The van der Waals surface area contributed by atoms with Gasteiger partial charge in [0, 0.05) is 18.7 Å². The number of anilines is 2. The van der Waals surface area contributed by atoms with Crippen molar-refractivity contribution in [3.8, 4) is 0 Å². The van der Waals surface area contributed by atoms with E-state index in [2.05, 4.69) is 4.90 Å². The number of nitrogens with zero attached hydrogens (tertiary/aromatic N) is 1. The maximum atomic E-state index is 11.8. The van der Waals surface area contributed by atoms with E-state index in [0.717, 1.165) is 23.7 Å². The zero-order valence-corrected chi connectivity index (χ0v) is 11.5. The van der Waals surface area contributed by atoms with Crippen LogP contribution < -0.4 is 10.6 Å². The molecule has 0 spiro atoms. The molecule has 0 aromatic carbocycles. The monoisotopic (exact) mass is 270 g/mol. The molecule has 6 heteroatoms. The highest BCUT2D eigenvalue weighted by atomic mass is 32.1. The number of ether oxygens (including phenoxy) is 2. The van der Waals surface area contributed by atoms with Crippen LogP contribution in [-0.4, -0.2) is 38.9 Å². The Morgan fingerprint density at radius 3 is 2.78 bits per heavy atom. The maximum absolute atomic E-state index is 11.8. The first-order valence-electron chi connectivity index (χ1n) is 6.03. The van der Waals surface area contributed by atoms with E-state index in [0.29, 0.717) is 30.4 Å². The molecule has 0 radical (unpaired) electrons. The number of carbonyl (C=O) groups excluding carboxylic acids is 1. The summed E-state index contributed by atoms with van der Waals surface area (Å²) in [6.45, 7) is 7.17. The molecule has 0 aliphatic carbocycles. The summed E-state index contributed by atoms with van der Waals surface area (Å²) in [6.07, 6.45) is 0. The first-order valence-corrected chi connectivity index (χ1v) is 6.85. The van der Waals surface area contributed by atoms with Crippen molar-refractivity contribution < 1.29 is 14.3 Å². The van der Waals surface area contributed by atoms with Gasteiger partial charge in [-0.1, -0.05) is 0 Å². The van der Waals surface area contributed by atoms with Gasteiger partial charge in [-0.2, -0.15) is 0 Å². The van der Waals surface area contributed by atoms with Crippen LogP contribution in [0.1, 0.15) is 22.8 Å². The molecule has 100 valence electrons. The van der Waals surface area contributed by atoms with E-state index in [1.165, 1.54) is 11.3 Å². The molecule has 0 atom stereocenters. The van der Waals surface area contributed by atoms with Gasteiger partial charge in [0.1, 0.15) is 5.00 Å². The van der Waals surface area contributed by atoms with Gasteiger partial charge in [-0.15, -0.1) is 11.3 Å². The van der Waals surface area contributed by atoms with Crippen LogP contribution >= 0.6 is 11.3 Å². The zero-order chi connectivity index (χ0) is 13.1. The van der Waals surface area contributed by atoms with Gasteiger partial charge in [-0.3, -0.25) is 0 Å². The number of esters is 1. The van der Waals surface area contributed by atoms with Crippen molar-refractivity contribution in [3.05, 3.63) is 11.1 Å². The van der Waals surface area contributed by atoms with Gasteiger partial charge in [-0.05, 0) is 13.8 Å². The van der Waals surface area contributed by atoms with E-state index < -0.39 is 0 Å². The van der Waals surface area contributed by atoms with E-state index in [9.17, 15) is 4.79 Å². The van der Waals surface area contributed by atoms with Crippen LogP contribution in [0.3, 0.4) is 0 Å². The molecule has 0 amide bonds. The standard InChI is InChI=1S/C12H18N2O3S/c1-3-17-12(15)9-8(2)11(18-10(9)13)14-4-6-16-7-5-14/h3-7,13H2,1-2H3. The summed E-state index contributed by atoms with van der Waals surface area (Å²) in [4.78, 5) is 14.1. The minimum absolute atomic E-state index is 0.330. The van der Waals surface area contributed by atoms with Crippen molar-refractivity contribution in [3.63, 3.8) is 0 Å². The molecule has 1 aromatic rings. The fourth-order valence-electron chi connectivity index (χ4n) is 2.05. The number of hydrogen-bond acceptors (Lipinski definition) is 6. The highest BCUT2D eigenvalue weighted by molar-refractivity contribution is 7.20. The Kier molecular flexibility index (Phi) is 4.08. The number of nitrogens with two attached hydrogens (primary N) is 1. The molecule has 1 saturated heterocycles. The highest BCUT2D eigenvalue weighted by Crippen LogP contribution is 2.38. The fraction of sp³-hybridized carbons (Fsp3) is 0.583. The smallest absolute Gasteiger partial charge is 0.341 e. The van der Waals surface area contributed by atoms with E-state index in [1.807, 2.05) is 6.92 Å². The lowest BCUT2D eigenvalue weighted by atomic mass is 10.2. The van der Waals surface area contributed by atoms with Crippen LogP contribution in [0, 0.1) is 6.92 Å². The summed E-state index contributed by atoms with van der Waals surface area (Å²) in [5, 5.41) is 1.59. The van der Waals surface area contributed by atoms with Crippen LogP contribution in [0.2, 0.25) is 0 Å². The molecule has 0 bridgehead atoms. The normalized spacial score (nSPS) is 15.8. The van der Waals surface area contributed by atoms with E-state index in [-0.39, 0.29) is 5.97 Å². The lowest BCUT2D eigenvalue weighted by molar-refractivity contribution is 0.0527. The number of thiophene rings is 1. The quantitative estimate of drug-likeness (QED) is 0.846. The van der Waals surface area contributed by atoms with E-state index in [1.54, 1.807) is 6.92 Å². The fourth-order valence-corrected chi connectivity index (χ4v) is 3.16. The van der Waals surface area contributed by atoms with Crippen molar-refractivity contribution in [1.29, 1.82) is 0 Å². The number of carbonyl (C=O) groups is 1. The Labute approximate surface area is 110 Å². The largest absolute Gasteiger partial charge is 0.462 e. The van der Waals surface area contributed by atoms with Gasteiger partial charge >= 0.3 is 5.97 Å². The second-order valence-electron chi connectivity index (χ2n) is 4.09. The molecule has 2 rings (SSSR count). The summed E-state index contributed by atoms with van der Waals surface area (Å²) in [5.41, 5.74) is 7.37. The number of morpholine rings is 1. The SMILES string of the molecule is CCOC(=O)c1c(N)sc(N2CCOCC2)c1C. The molecule has 0 saturated carbocycles. The average Bonchev–Trinajstić information content (AvgIpc) is 2.66. The Balaban J connectivity index is 2.27. The molecule has 1 aliphatic heterocycles. The minimum atomic E-state index is -0.330. The second kappa shape index (κ2) is 5.58. The van der Waals surface area contributed by atoms with Gasteiger partial charge in [-0.25, -0.2) is 4.79 Å². The lowest BCUT2D eigenvalue weighted by Crippen LogP contribution is -2.36. The summed E-state index contributed by atoms with van der Waals surface area (Å²) in [6, 6.07) is 0. The number of nitrogen functional groups attached to an aromatic ring is 1. The first-order chi connectivity index (χ1) is 8.65. The van der Waals surface area contributed by atoms with Crippen molar-refractivity contribution in [2.75, 3.05) is 43.5 Å². The Bertz CT molecular complexity index is 439. The summed E-state index contributed by atoms with van der Waals surface area (Å²) >= 11 is 1.45. The third kappa shape index (κ3) is 2.44. The lowest BCUT2D eigenvalue weighted by Gasteiger charge is -2.28. The molecule has 0 unspecified atom stereocenters. The molecule has 1 aliphatic rings. The molecular weight excluding hydrogens is 252 g/mol. The van der Waals surface area contributed by atoms with Crippen LogP contribution in [0.25, 0.3) is 0 Å². The van der Waals surface area contributed by atoms with Crippen molar-refractivity contribution in [1.82, 2.24) is 0 Å². The van der Waals surface area contributed by atoms with E-state index in [4.69, 9.17) is 15.2 Å². The predicted octanol–water partition coefficient (Wildman–Crippen LogP) is 1.65. The predicted molar refractivity (Wildman–Crippen MR) is 72.5 cm³/mol. The zero-order valence-electron chi connectivity index (χ0n) is 10.7. The van der Waals surface area contributed by atoms with Crippen molar-refractivity contribution in [2.45, 2.75) is 13.8 Å². The summed E-state index contributed by atoms with van der Waals surface area (Å²) in [5.74, 6) is -0.330. The summed E-state index contributed by atoms with van der Waals surface area (Å²) < 4.78 is 10.4. The topological polar surface area (TPSA) is 64.8 Å². The van der Waals surface area contributed by atoms with Crippen molar-refractivity contribution >= 4 is 27.3 Å². The third-order valence-electron chi connectivity index (χ3n) is 2.93. The molecule has 5 nitrogen and oxygen atoms in total. The van der Waals surface area contributed by atoms with Crippen LogP contribution in [0.15, 0.2) is 0 Å². The van der Waals surface area contributed by atoms with Gasteiger partial charge in [0.25, 0.3) is 0 Å². The van der Waals surface area contributed by atoms with Gasteiger partial charge in [0.15, 0.2) is 0 Å². The van der Waals surface area contributed by atoms with Crippen molar-refractivity contribution in [2.24, 2.45) is 0 Å². The van der Waals surface area contributed by atoms with Crippen LogP contribution in [0.4, 0.5) is 10.0 Å². The third-order valence-corrected chi connectivity index (χ3v) is 4.11. The highest BCUT2D eigenvalue weighted by Gasteiger charge is 2.24. The average molecular weight is 270 g/mol. The molecule has 18 heavy (non-hydrogen) atoms. The summed E-state index contributed by atoms with van der Waals surface area (Å²) in [7, 11) is 0. The maximum Gasteiger partial charge on any atom is 0.341 e. The Morgan fingerprint density at radius 2 is 2.17 bits per heavy atom. The Hall–Kier alpha value is -1.27. The number of hydrogen-bond donors (Lipinski definition) is 1. The van der Waals surface area contributed by atoms with E-state index >= 15 is 0 Å².